The summed E-state index contributed by atoms with van der Waals surface area (Å²) in [7, 11) is 1.56. The van der Waals surface area contributed by atoms with Gasteiger partial charge in [0, 0.05) is 22.5 Å². The Labute approximate surface area is 189 Å². The summed E-state index contributed by atoms with van der Waals surface area (Å²) in [4.78, 5) is 30.3. The molecule has 0 saturated carbocycles. The molecule has 6 nitrogen and oxygen atoms in total. The van der Waals surface area contributed by atoms with Gasteiger partial charge in [-0.05, 0) is 55.5 Å². The molecule has 0 aliphatic heterocycles. The van der Waals surface area contributed by atoms with Gasteiger partial charge in [0.2, 0.25) is 0 Å². The number of pyridine rings is 1. The Morgan fingerprint density at radius 2 is 1.76 bits per heavy atom. The minimum atomic E-state index is -4.47. The molecule has 1 amide bonds. The average molecular weight is 474 g/mol. The van der Waals surface area contributed by atoms with Crippen LogP contribution in [0.3, 0.4) is 0 Å². The molecule has 170 valence electrons. The fourth-order valence-electron chi connectivity index (χ4n) is 3.09. The number of halogens is 3. The van der Waals surface area contributed by atoms with Gasteiger partial charge in [-0.15, -0.1) is 11.3 Å². The molecule has 2 aromatic heterocycles. The number of rotatable bonds is 5. The number of alkyl halides is 3. The van der Waals surface area contributed by atoms with Gasteiger partial charge in [0.1, 0.15) is 15.5 Å². The second kappa shape index (κ2) is 8.70. The molecule has 0 aliphatic carbocycles. The Kier molecular flexibility index (Phi) is 5.94. The molecule has 0 saturated heterocycles. The average Bonchev–Trinajstić information content (AvgIpc) is 3.19. The molecule has 1 N–H and O–H groups in total. The second-order valence-corrected chi connectivity index (χ2v) is 8.19. The summed E-state index contributed by atoms with van der Waals surface area (Å²) in [5, 5.41) is 4.07. The van der Waals surface area contributed by atoms with Crippen LogP contribution in [0.15, 0.2) is 54.6 Å². The summed E-state index contributed by atoms with van der Waals surface area (Å²) in [5.41, 5.74) is 0.0430. The predicted octanol–water partition coefficient (Wildman–Crippen LogP) is 5.66. The van der Waals surface area contributed by atoms with Crippen LogP contribution < -0.4 is 10.1 Å². The van der Waals surface area contributed by atoms with Gasteiger partial charge in [-0.2, -0.15) is 13.2 Å². The summed E-state index contributed by atoms with van der Waals surface area (Å²) in [6, 6.07) is 13.0. The molecule has 0 spiro atoms. The van der Waals surface area contributed by atoms with Gasteiger partial charge in [0.05, 0.1) is 18.2 Å². The Balaban J connectivity index is 1.45. The van der Waals surface area contributed by atoms with Crippen LogP contribution in [-0.4, -0.2) is 30.1 Å². The standard InChI is InChI=1S/C23H17F3N2O4S/c1-12(20(29)27-16-6-4-15(5-7-16)23(24,25)26)32-22(30)19-10-14-9-13-3-8-17(31-2)11-18(13)28-21(14)33-19/h3-12H,1-2H3,(H,27,29). The van der Waals surface area contributed by atoms with Gasteiger partial charge in [-0.25, -0.2) is 9.78 Å². The molecule has 10 heteroatoms. The molecule has 4 aromatic rings. The maximum Gasteiger partial charge on any atom is 0.416 e. The largest absolute Gasteiger partial charge is 0.497 e. The summed E-state index contributed by atoms with van der Waals surface area (Å²) < 4.78 is 48.4. The number of hydrogen-bond acceptors (Lipinski definition) is 6. The van der Waals surface area contributed by atoms with Crippen molar-refractivity contribution in [2.24, 2.45) is 0 Å². The van der Waals surface area contributed by atoms with Gasteiger partial charge in [-0.1, -0.05) is 0 Å². The number of hydrogen-bond donors (Lipinski definition) is 1. The number of nitrogens with one attached hydrogen (secondary N) is 1. The van der Waals surface area contributed by atoms with Crippen LogP contribution in [0.4, 0.5) is 18.9 Å². The molecule has 1 unspecified atom stereocenters. The van der Waals surface area contributed by atoms with E-state index >= 15 is 0 Å². The first-order valence-corrected chi connectivity index (χ1v) is 10.5. The molecule has 2 heterocycles. The van der Waals surface area contributed by atoms with Gasteiger partial charge in [0.25, 0.3) is 5.91 Å². The Bertz CT molecular complexity index is 1350. The number of carbonyl (C=O) groups is 2. The number of ether oxygens (including phenoxy) is 2. The molecule has 0 fully saturated rings. The number of methoxy groups -OCH3 is 1. The molecule has 0 bridgehead atoms. The molecular formula is C23H17F3N2O4S. The minimum absolute atomic E-state index is 0.157. The van der Waals surface area contributed by atoms with Crippen LogP contribution in [0.5, 0.6) is 5.75 Å². The zero-order valence-corrected chi connectivity index (χ0v) is 18.2. The lowest BCUT2D eigenvalue weighted by Crippen LogP contribution is -2.29. The molecule has 2 aromatic carbocycles. The summed E-state index contributed by atoms with van der Waals surface area (Å²) >= 11 is 1.13. The monoisotopic (exact) mass is 474 g/mol. The summed E-state index contributed by atoms with van der Waals surface area (Å²) in [6.07, 6.45) is -5.64. The zero-order valence-electron chi connectivity index (χ0n) is 17.4. The Morgan fingerprint density at radius 3 is 2.42 bits per heavy atom. The maximum atomic E-state index is 12.7. The number of thiophene rings is 1. The first-order chi connectivity index (χ1) is 15.6. The highest BCUT2D eigenvalue weighted by Crippen LogP contribution is 2.31. The molecule has 0 aliphatic rings. The van der Waals surface area contributed by atoms with Crippen molar-refractivity contribution in [1.82, 2.24) is 4.98 Å². The zero-order chi connectivity index (χ0) is 23.8. The molecule has 1 atom stereocenters. The number of amides is 1. The van der Waals surface area contributed by atoms with Gasteiger partial charge in [-0.3, -0.25) is 4.79 Å². The summed E-state index contributed by atoms with van der Waals surface area (Å²) in [5.74, 6) is -0.701. The Morgan fingerprint density at radius 1 is 1.03 bits per heavy atom. The van der Waals surface area contributed by atoms with Crippen molar-refractivity contribution in [3.8, 4) is 5.75 Å². The molecule has 0 radical (unpaired) electrons. The number of esters is 1. The van der Waals surface area contributed by atoms with Gasteiger partial charge in [0.15, 0.2) is 6.10 Å². The quantitative estimate of drug-likeness (QED) is 0.378. The van der Waals surface area contributed by atoms with E-state index in [1.54, 1.807) is 19.2 Å². The first kappa shape index (κ1) is 22.5. The summed E-state index contributed by atoms with van der Waals surface area (Å²) in [6.45, 7) is 1.38. The van der Waals surface area contributed by atoms with E-state index in [0.717, 1.165) is 46.4 Å². The number of fused-ring (bicyclic) bond motifs is 2. The van der Waals surface area contributed by atoms with Crippen molar-refractivity contribution in [2.45, 2.75) is 19.2 Å². The third kappa shape index (κ3) is 4.90. The van der Waals surface area contributed by atoms with Crippen LogP contribution in [0.1, 0.15) is 22.2 Å². The number of anilines is 1. The van der Waals surface area contributed by atoms with E-state index in [4.69, 9.17) is 9.47 Å². The van der Waals surface area contributed by atoms with E-state index in [1.165, 1.54) is 6.92 Å². The lowest BCUT2D eigenvalue weighted by atomic mass is 10.2. The molecular weight excluding hydrogens is 457 g/mol. The minimum Gasteiger partial charge on any atom is -0.497 e. The van der Waals surface area contributed by atoms with Crippen molar-refractivity contribution >= 4 is 50.0 Å². The highest BCUT2D eigenvalue weighted by Gasteiger charge is 2.30. The third-order valence-electron chi connectivity index (χ3n) is 4.84. The topological polar surface area (TPSA) is 77.5 Å². The molecule has 4 rings (SSSR count). The van der Waals surface area contributed by atoms with E-state index in [-0.39, 0.29) is 10.6 Å². The fourth-order valence-corrected chi connectivity index (χ4v) is 4.00. The third-order valence-corrected chi connectivity index (χ3v) is 5.87. The van der Waals surface area contributed by atoms with Crippen LogP contribution in [0.25, 0.3) is 21.1 Å². The second-order valence-electron chi connectivity index (χ2n) is 7.16. The van der Waals surface area contributed by atoms with Crippen molar-refractivity contribution < 1.29 is 32.2 Å². The number of carbonyl (C=O) groups excluding carboxylic acids is 2. The number of aromatic nitrogens is 1. The van der Waals surface area contributed by atoms with Crippen molar-refractivity contribution in [1.29, 1.82) is 0 Å². The fraction of sp³-hybridized carbons (Fsp3) is 0.174. The van der Waals surface area contributed by atoms with E-state index in [2.05, 4.69) is 10.3 Å². The van der Waals surface area contributed by atoms with Crippen molar-refractivity contribution in [3.63, 3.8) is 0 Å². The van der Waals surface area contributed by atoms with E-state index in [0.29, 0.717) is 16.1 Å². The highest BCUT2D eigenvalue weighted by atomic mass is 32.1. The maximum absolute atomic E-state index is 12.7. The molecule has 33 heavy (non-hydrogen) atoms. The van der Waals surface area contributed by atoms with E-state index in [9.17, 15) is 22.8 Å². The van der Waals surface area contributed by atoms with Crippen LogP contribution in [0.2, 0.25) is 0 Å². The first-order valence-electron chi connectivity index (χ1n) is 9.71. The number of benzene rings is 2. The van der Waals surface area contributed by atoms with E-state index in [1.807, 2.05) is 18.2 Å². The van der Waals surface area contributed by atoms with Crippen molar-refractivity contribution in [2.75, 3.05) is 12.4 Å². The smallest absolute Gasteiger partial charge is 0.416 e. The van der Waals surface area contributed by atoms with E-state index < -0.39 is 29.7 Å². The predicted molar refractivity (Wildman–Crippen MR) is 119 cm³/mol. The van der Waals surface area contributed by atoms with Crippen LogP contribution >= 0.6 is 11.3 Å². The normalized spacial score (nSPS) is 12.5. The van der Waals surface area contributed by atoms with Crippen molar-refractivity contribution in [3.05, 3.63) is 65.0 Å². The Hall–Kier alpha value is -3.66. The number of nitrogens with zero attached hydrogens (tertiary/aromatic N) is 1. The van der Waals surface area contributed by atoms with Gasteiger partial charge >= 0.3 is 12.1 Å². The lowest BCUT2D eigenvalue weighted by molar-refractivity contribution is -0.137. The highest BCUT2D eigenvalue weighted by molar-refractivity contribution is 7.20. The van der Waals surface area contributed by atoms with Crippen LogP contribution in [0, 0.1) is 0 Å². The van der Waals surface area contributed by atoms with Gasteiger partial charge < -0.3 is 14.8 Å². The van der Waals surface area contributed by atoms with Crippen LogP contribution in [-0.2, 0) is 15.7 Å². The SMILES string of the molecule is COc1ccc2cc3cc(C(=O)OC(C)C(=O)Nc4ccc(C(F)(F)F)cc4)sc3nc2c1. The lowest BCUT2D eigenvalue weighted by Gasteiger charge is -2.13.